The smallest absolute Gasteiger partial charge is 0.164 e. The number of hydrogen-bond donors (Lipinski definition) is 0. The molecule has 2 aromatic heterocycles. The fourth-order valence-corrected chi connectivity index (χ4v) is 8.42. The van der Waals surface area contributed by atoms with Crippen molar-refractivity contribution in [3.05, 3.63) is 184 Å². The average Bonchev–Trinajstić information content (AvgIpc) is 3.50. The van der Waals surface area contributed by atoms with Crippen molar-refractivity contribution >= 4 is 22.6 Å². The van der Waals surface area contributed by atoms with E-state index in [4.69, 9.17) is 19.4 Å². The third-order valence-electron chi connectivity index (χ3n) is 11.0. The number of hydrogen-bond acceptors (Lipinski definition) is 4. The van der Waals surface area contributed by atoms with E-state index in [1.54, 1.807) is 0 Å². The maximum atomic E-state index is 6.61. The van der Waals surface area contributed by atoms with Gasteiger partial charge in [0.25, 0.3) is 0 Å². The van der Waals surface area contributed by atoms with Crippen LogP contribution in [0.3, 0.4) is 0 Å². The molecule has 2 aliphatic carbocycles. The van der Waals surface area contributed by atoms with Crippen LogP contribution in [-0.4, -0.2) is 15.0 Å². The van der Waals surface area contributed by atoms with Crippen molar-refractivity contribution in [3.63, 3.8) is 0 Å². The second kappa shape index (κ2) is 13.0. The first-order valence-corrected chi connectivity index (χ1v) is 18.6. The van der Waals surface area contributed by atoms with Crippen molar-refractivity contribution in [2.75, 3.05) is 0 Å². The minimum Gasteiger partial charge on any atom is -0.456 e. The molecular weight excluding hydrogens is 647 g/mol. The molecule has 0 saturated carbocycles. The lowest BCUT2D eigenvalue weighted by molar-refractivity contribution is 0.570. The Hall–Kier alpha value is -6.39. The molecule has 10 rings (SSSR count). The molecule has 0 spiro atoms. The van der Waals surface area contributed by atoms with Gasteiger partial charge >= 0.3 is 0 Å². The zero-order valence-corrected chi connectivity index (χ0v) is 29.6. The minimum absolute atomic E-state index is 0.340. The van der Waals surface area contributed by atoms with E-state index in [1.165, 1.54) is 44.5 Å². The van der Waals surface area contributed by atoms with Crippen LogP contribution in [0.25, 0.3) is 67.6 Å². The molecule has 0 amide bonds. The molecule has 2 aliphatic rings. The summed E-state index contributed by atoms with van der Waals surface area (Å²) in [7, 11) is 0. The number of aryl methyl sites for hydroxylation is 2. The van der Waals surface area contributed by atoms with Crippen molar-refractivity contribution in [1.29, 1.82) is 0 Å². The third kappa shape index (κ3) is 5.59. The van der Waals surface area contributed by atoms with Gasteiger partial charge in [-0.1, -0.05) is 127 Å². The van der Waals surface area contributed by atoms with Crippen LogP contribution in [0.15, 0.2) is 150 Å². The van der Waals surface area contributed by atoms with Gasteiger partial charge in [0.15, 0.2) is 17.5 Å². The van der Waals surface area contributed by atoms with E-state index in [9.17, 15) is 0 Å². The average molecular weight is 684 g/mol. The predicted molar refractivity (Wildman–Crippen MR) is 215 cm³/mol. The molecule has 0 radical (unpaired) electrons. The normalized spacial score (nSPS) is 14.9. The lowest BCUT2D eigenvalue weighted by Gasteiger charge is -2.20. The Balaban J connectivity index is 1.17. The standard InChI is InChI=1S/C49H37N3O/c1-31-28-45-43(30-41(31)36-25-27-39-38(32-14-5-2-6-15-32)26-24-33-16-11-12-21-37(33)42(39)29-36)46-40(22-13-23-44(46)53-45)49-51-47(34-17-7-3-8-18-34)50-48(52-49)35-19-9-4-10-20-35/h2-12,14-21,23,25,27-30,38H,13,22,24,26H2,1H3. The Morgan fingerprint density at radius 3 is 1.96 bits per heavy atom. The second-order valence-electron chi connectivity index (χ2n) is 14.2. The van der Waals surface area contributed by atoms with Gasteiger partial charge in [0, 0.05) is 33.2 Å². The number of aromatic nitrogens is 3. The fourth-order valence-electron chi connectivity index (χ4n) is 8.42. The molecule has 2 heterocycles. The summed E-state index contributed by atoms with van der Waals surface area (Å²) in [5.41, 5.74) is 15.2. The third-order valence-corrected chi connectivity index (χ3v) is 11.0. The van der Waals surface area contributed by atoms with Gasteiger partial charge in [-0.25, -0.2) is 15.0 Å². The lowest BCUT2D eigenvalue weighted by Crippen LogP contribution is -2.27. The first-order valence-electron chi connectivity index (χ1n) is 18.6. The molecule has 0 aliphatic heterocycles. The summed E-state index contributed by atoms with van der Waals surface area (Å²) in [6.45, 7) is 2.20. The SMILES string of the molecule is Cc1cc2oc3c(c2cc1-c1ccc2c(c1)-c1ccccc1CCC2c1ccccc1)=C(c1nc(-c2ccccc2)nc(-c2ccccc2)n1)CCC=3. The molecule has 1 atom stereocenters. The van der Waals surface area contributed by atoms with E-state index in [0.29, 0.717) is 23.4 Å². The zero-order valence-electron chi connectivity index (χ0n) is 29.6. The molecule has 0 bridgehead atoms. The molecule has 53 heavy (non-hydrogen) atoms. The quantitative estimate of drug-likeness (QED) is 0.181. The van der Waals surface area contributed by atoms with E-state index < -0.39 is 0 Å². The Labute approximate surface area is 308 Å². The zero-order chi connectivity index (χ0) is 35.3. The van der Waals surface area contributed by atoms with E-state index in [1.807, 2.05) is 36.4 Å². The van der Waals surface area contributed by atoms with Crippen molar-refractivity contribution < 1.29 is 4.42 Å². The summed E-state index contributed by atoms with van der Waals surface area (Å²) in [5, 5.41) is 2.17. The van der Waals surface area contributed by atoms with Crippen LogP contribution in [0.5, 0.6) is 0 Å². The molecule has 6 aromatic carbocycles. The Morgan fingerprint density at radius 2 is 1.23 bits per heavy atom. The highest BCUT2D eigenvalue weighted by molar-refractivity contribution is 5.90. The summed E-state index contributed by atoms with van der Waals surface area (Å²) in [4.78, 5) is 15.2. The van der Waals surface area contributed by atoms with Gasteiger partial charge in [0.05, 0.1) is 0 Å². The summed E-state index contributed by atoms with van der Waals surface area (Å²) in [6, 6.07) is 52.0. The monoisotopic (exact) mass is 683 g/mol. The van der Waals surface area contributed by atoms with Crippen molar-refractivity contribution in [2.45, 2.75) is 38.5 Å². The van der Waals surface area contributed by atoms with Gasteiger partial charge in [-0.2, -0.15) is 0 Å². The molecule has 0 N–H and O–H groups in total. The minimum atomic E-state index is 0.340. The number of furan rings is 1. The molecule has 0 fully saturated rings. The van der Waals surface area contributed by atoms with Crippen LogP contribution < -0.4 is 10.6 Å². The van der Waals surface area contributed by atoms with Gasteiger partial charge < -0.3 is 4.42 Å². The van der Waals surface area contributed by atoms with Gasteiger partial charge in [0.2, 0.25) is 0 Å². The topological polar surface area (TPSA) is 51.8 Å². The maximum absolute atomic E-state index is 6.61. The first kappa shape index (κ1) is 31.4. The van der Waals surface area contributed by atoms with Gasteiger partial charge in [-0.3, -0.25) is 0 Å². The highest BCUT2D eigenvalue weighted by Crippen LogP contribution is 2.43. The van der Waals surface area contributed by atoms with Crippen LogP contribution in [0.2, 0.25) is 0 Å². The van der Waals surface area contributed by atoms with E-state index in [-0.39, 0.29) is 0 Å². The van der Waals surface area contributed by atoms with E-state index >= 15 is 0 Å². The lowest BCUT2D eigenvalue weighted by atomic mass is 9.84. The largest absolute Gasteiger partial charge is 0.456 e. The molecule has 8 aromatic rings. The highest BCUT2D eigenvalue weighted by Gasteiger charge is 2.25. The summed E-state index contributed by atoms with van der Waals surface area (Å²) >= 11 is 0. The summed E-state index contributed by atoms with van der Waals surface area (Å²) in [5.74, 6) is 2.38. The van der Waals surface area contributed by atoms with Crippen LogP contribution in [-0.2, 0) is 6.42 Å². The molecule has 4 heteroatoms. The molecule has 1 unspecified atom stereocenters. The van der Waals surface area contributed by atoms with Crippen LogP contribution in [0.1, 0.15) is 53.3 Å². The number of nitrogens with zero attached hydrogens (tertiary/aromatic N) is 3. The molecule has 254 valence electrons. The van der Waals surface area contributed by atoms with Crippen LogP contribution in [0.4, 0.5) is 0 Å². The number of fused-ring (bicyclic) bond motifs is 6. The molecule has 4 nitrogen and oxygen atoms in total. The predicted octanol–water partition coefficient (Wildman–Crippen LogP) is 10.4. The number of rotatable bonds is 5. The van der Waals surface area contributed by atoms with Crippen LogP contribution >= 0.6 is 0 Å². The van der Waals surface area contributed by atoms with Crippen molar-refractivity contribution in [2.24, 2.45) is 0 Å². The second-order valence-corrected chi connectivity index (χ2v) is 14.2. The van der Waals surface area contributed by atoms with E-state index in [2.05, 4.69) is 122 Å². The Morgan fingerprint density at radius 1 is 0.566 bits per heavy atom. The molecule has 0 saturated heterocycles. The number of benzene rings is 6. The summed E-state index contributed by atoms with van der Waals surface area (Å²) in [6.07, 6.45) is 6.02. The van der Waals surface area contributed by atoms with Crippen molar-refractivity contribution in [3.8, 4) is 45.0 Å². The van der Waals surface area contributed by atoms with Crippen molar-refractivity contribution in [1.82, 2.24) is 15.0 Å². The Bertz CT molecular complexity index is 2730. The Kier molecular flexibility index (Phi) is 7.68. The van der Waals surface area contributed by atoms with Gasteiger partial charge in [0.1, 0.15) is 11.0 Å². The first-order chi connectivity index (χ1) is 26.2. The van der Waals surface area contributed by atoms with Gasteiger partial charge in [-0.15, -0.1) is 0 Å². The fraction of sp³-hybridized carbons (Fsp3) is 0.122. The summed E-state index contributed by atoms with van der Waals surface area (Å²) < 4.78 is 6.61. The van der Waals surface area contributed by atoms with Gasteiger partial charge in [-0.05, 0) is 101 Å². The molecular formula is C49H37N3O. The van der Waals surface area contributed by atoms with Crippen LogP contribution in [0, 0.1) is 6.92 Å². The highest BCUT2D eigenvalue weighted by atomic mass is 16.3. The van der Waals surface area contributed by atoms with E-state index in [0.717, 1.165) is 64.0 Å². The maximum Gasteiger partial charge on any atom is 0.164 e.